The van der Waals surface area contributed by atoms with Crippen molar-refractivity contribution in [3.8, 4) is 0 Å². The van der Waals surface area contributed by atoms with E-state index in [0.29, 0.717) is 17.7 Å². The van der Waals surface area contributed by atoms with Crippen LogP contribution < -0.4 is 5.32 Å². The van der Waals surface area contributed by atoms with E-state index in [1.54, 1.807) is 0 Å². The highest BCUT2D eigenvalue weighted by Gasteiger charge is 2.20. The van der Waals surface area contributed by atoms with Gasteiger partial charge in [-0.1, -0.05) is 17.8 Å². The average Bonchev–Trinajstić information content (AvgIpc) is 2.69. The first-order valence-electron chi connectivity index (χ1n) is 4.46. The van der Waals surface area contributed by atoms with Crippen LogP contribution in [0.2, 0.25) is 0 Å². The van der Waals surface area contributed by atoms with Crippen molar-refractivity contribution in [2.75, 3.05) is 0 Å². The van der Waals surface area contributed by atoms with Crippen LogP contribution in [0.25, 0.3) is 0 Å². The molecule has 1 heterocycles. The summed E-state index contributed by atoms with van der Waals surface area (Å²) in [5.74, 6) is -1.46. The van der Waals surface area contributed by atoms with Crippen molar-refractivity contribution in [1.29, 1.82) is 0 Å². The molecular weight excluding hydrogens is 218 g/mol. The number of carboxylic acid groups (broad SMARTS) is 1. The third kappa shape index (κ3) is 3.28. The maximum atomic E-state index is 11.5. The Kier molecular flexibility index (Phi) is 4.17. The van der Waals surface area contributed by atoms with Crippen LogP contribution in [0.15, 0.2) is 6.20 Å². The van der Waals surface area contributed by atoms with Crippen LogP contribution in [0.1, 0.15) is 29.4 Å². The molecule has 0 aromatic carbocycles. The minimum Gasteiger partial charge on any atom is -0.480 e. The minimum absolute atomic E-state index is 0.317. The highest BCUT2D eigenvalue weighted by Crippen LogP contribution is 2.04. The standard InChI is InChI=1S/C8H11N3O3S/c1-2-3-5(8(13)14)10-7(12)6-4-9-11-15-6/h4-5H,2-3H2,1H3,(H,10,12)(H,13,14). The fraction of sp³-hybridized carbons (Fsp3) is 0.500. The normalized spacial score (nSPS) is 12.1. The molecule has 0 aliphatic rings. The molecule has 1 amide bonds. The molecule has 0 radical (unpaired) electrons. The van der Waals surface area contributed by atoms with Gasteiger partial charge in [-0.25, -0.2) is 4.79 Å². The maximum Gasteiger partial charge on any atom is 0.326 e. The Hall–Kier alpha value is -1.50. The number of rotatable bonds is 5. The smallest absolute Gasteiger partial charge is 0.326 e. The largest absolute Gasteiger partial charge is 0.480 e. The van der Waals surface area contributed by atoms with Gasteiger partial charge in [-0.05, 0) is 18.0 Å². The summed E-state index contributed by atoms with van der Waals surface area (Å²) in [5, 5.41) is 14.7. The first kappa shape index (κ1) is 11.6. The molecule has 0 aliphatic heterocycles. The molecule has 7 heteroatoms. The zero-order valence-corrected chi connectivity index (χ0v) is 8.95. The van der Waals surface area contributed by atoms with E-state index in [1.807, 2.05) is 6.92 Å². The van der Waals surface area contributed by atoms with Gasteiger partial charge in [-0.2, -0.15) is 0 Å². The zero-order chi connectivity index (χ0) is 11.3. The summed E-state index contributed by atoms with van der Waals surface area (Å²) in [5.41, 5.74) is 0. The maximum absolute atomic E-state index is 11.5. The predicted molar refractivity (Wildman–Crippen MR) is 53.7 cm³/mol. The van der Waals surface area contributed by atoms with Crippen LogP contribution in [-0.4, -0.2) is 32.6 Å². The number of nitrogens with zero attached hydrogens (tertiary/aromatic N) is 2. The molecule has 1 aromatic rings. The summed E-state index contributed by atoms with van der Waals surface area (Å²) >= 11 is 0.937. The van der Waals surface area contributed by atoms with Crippen LogP contribution in [-0.2, 0) is 4.79 Å². The average molecular weight is 229 g/mol. The van der Waals surface area contributed by atoms with Gasteiger partial charge < -0.3 is 10.4 Å². The van der Waals surface area contributed by atoms with E-state index < -0.39 is 17.9 Å². The Morgan fingerprint density at radius 1 is 1.67 bits per heavy atom. The number of hydrogen-bond acceptors (Lipinski definition) is 5. The Balaban J connectivity index is 2.59. The fourth-order valence-corrected chi connectivity index (χ4v) is 1.46. The second-order valence-corrected chi connectivity index (χ2v) is 3.72. The Morgan fingerprint density at radius 3 is 2.87 bits per heavy atom. The van der Waals surface area contributed by atoms with Crippen molar-refractivity contribution < 1.29 is 14.7 Å². The van der Waals surface area contributed by atoms with Crippen molar-refractivity contribution in [1.82, 2.24) is 14.9 Å². The number of amides is 1. The molecule has 1 atom stereocenters. The van der Waals surface area contributed by atoms with Crippen LogP contribution in [0, 0.1) is 0 Å². The van der Waals surface area contributed by atoms with E-state index in [1.165, 1.54) is 6.20 Å². The molecule has 1 unspecified atom stereocenters. The van der Waals surface area contributed by atoms with Crippen molar-refractivity contribution >= 4 is 23.4 Å². The molecule has 0 aliphatic carbocycles. The van der Waals surface area contributed by atoms with Gasteiger partial charge in [-0.15, -0.1) is 5.10 Å². The number of hydrogen-bond donors (Lipinski definition) is 2. The third-order valence-corrected chi connectivity index (χ3v) is 2.43. The van der Waals surface area contributed by atoms with E-state index in [9.17, 15) is 9.59 Å². The lowest BCUT2D eigenvalue weighted by Crippen LogP contribution is -2.40. The van der Waals surface area contributed by atoms with Gasteiger partial charge in [0, 0.05) is 0 Å². The molecule has 15 heavy (non-hydrogen) atoms. The van der Waals surface area contributed by atoms with E-state index in [0.717, 1.165) is 11.5 Å². The summed E-state index contributed by atoms with van der Waals surface area (Å²) in [6, 6.07) is -0.843. The van der Waals surface area contributed by atoms with Crippen LogP contribution in [0.3, 0.4) is 0 Å². The highest BCUT2D eigenvalue weighted by molar-refractivity contribution is 7.07. The number of carbonyl (C=O) groups excluding carboxylic acids is 1. The van der Waals surface area contributed by atoms with E-state index >= 15 is 0 Å². The summed E-state index contributed by atoms with van der Waals surface area (Å²) in [7, 11) is 0. The van der Waals surface area contributed by atoms with Gasteiger partial charge >= 0.3 is 5.97 Å². The van der Waals surface area contributed by atoms with Gasteiger partial charge in [0.2, 0.25) is 0 Å². The molecule has 0 fully saturated rings. The summed E-state index contributed by atoms with van der Waals surface area (Å²) in [4.78, 5) is 22.5. The molecule has 2 N–H and O–H groups in total. The first-order valence-corrected chi connectivity index (χ1v) is 5.23. The van der Waals surface area contributed by atoms with Gasteiger partial charge in [0.05, 0.1) is 6.20 Å². The molecular formula is C8H11N3O3S. The molecule has 1 aromatic heterocycles. The summed E-state index contributed by atoms with van der Waals surface area (Å²) in [6.45, 7) is 1.86. The van der Waals surface area contributed by atoms with Gasteiger partial charge in [0.25, 0.3) is 5.91 Å². The number of nitrogens with one attached hydrogen (secondary N) is 1. The lowest BCUT2D eigenvalue weighted by atomic mass is 10.1. The quantitative estimate of drug-likeness (QED) is 0.768. The Morgan fingerprint density at radius 2 is 2.40 bits per heavy atom. The number of carbonyl (C=O) groups is 2. The van der Waals surface area contributed by atoms with Gasteiger partial charge in [0.1, 0.15) is 10.9 Å². The number of aliphatic carboxylic acids is 1. The van der Waals surface area contributed by atoms with Crippen molar-refractivity contribution in [3.63, 3.8) is 0 Å². The highest BCUT2D eigenvalue weighted by atomic mass is 32.1. The molecule has 6 nitrogen and oxygen atoms in total. The monoisotopic (exact) mass is 229 g/mol. The Bertz CT molecular complexity index is 339. The van der Waals surface area contributed by atoms with Crippen LogP contribution >= 0.6 is 11.5 Å². The SMILES string of the molecule is CCCC(NC(=O)c1cnns1)C(=O)O. The second kappa shape index (κ2) is 5.40. The number of aromatic nitrogens is 2. The molecule has 0 bridgehead atoms. The lowest BCUT2D eigenvalue weighted by Gasteiger charge is -2.11. The van der Waals surface area contributed by atoms with Gasteiger partial charge in [-0.3, -0.25) is 4.79 Å². The van der Waals surface area contributed by atoms with Gasteiger partial charge in [0.15, 0.2) is 0 Å². The number of carboxylic acids is 1. The van der Waals surface area contributed by atoms with E-state index in [2.05, 4.69) is 14.9 Å². The fourth-order valence-electron chi connectivity index (χ4n) is 1.04. The topological polar surface area (TPSA) is 92.2 Å². The molecule has 0 spiro atoms. The Labute approximate surface area is 90.5 Å². The second-order valence-electron chi connectivity index (χ2n) is 2.93. The molecule has 1 rings (SSSR count). The van der Waals surface area contributed by atoms with Crippen LogP contribution in [0.4, 0.5) is 0 Å². The molecule has 0 saturated heterocycles. The molecule has 0 saturated carbocycles. The van der Waals surface area contributed by atoms with Crippen molar-refractivity contribution in [3.05, 3.63) is 11.1 Å². The van der Waals surface area contributed by atoms with Crippen molar-refractivity contribution in [2.24, 2.45) is 0 Å². The third-order valence-electron chi connectivity index (χ3n) is 1.77. The zero-order valence-electron chi connectivity index (χ0n) is 8.14. The minimum atomic E-state index is -1.03. The van der Waals surface area contributed by atoms with Crippen molar-refractivity contribution in [2.45, 2.75) is 25.8 Å². The van der Waals surface area contributed by atoms with E-state index in [-0.39, 0.29) is 0 Å². The first-order chi connectivity index (χ1) is 7.15. The lowest BCUT2D eigenvalue weighted by molar-refractivity contribution is -0.139. The van der Waals surface area contributed by atoms with Crippen LogP contribution in [0.5, 0.6) is 0 Å². The molecule has 82 valence electrons. The predicted octanol–water partition coefficient (Wildman–Crippen LogP) is 0.521. The van der Waals surface area contributed by atoms with E-state index in [4.69, 9.17) is 5.11 Å². The summed E-state index contributed by atoms with van der Waals surface area (Å²) in [6.07, 6.45) is 2.41. The summed E-state index contributed by atoms with van der Waals surface area (Å²) < 4.78 is 3.52.